The van der Waals surface area contributed by atoms with E-state index in [0.29, 0.717) is 26.0 Å². The fourth-order valence-corrected chi connectivity index (χ4v) is 3.70. The van der Waals surface area contributed by atoms with Crippen molar-refractivity contribution in [3.8, 4) is 5.75 Å². The zero-order valence-corrected chi connectivity index (χ0v) is 13.7. The lowest BCUT2D eigenvalue weighted by Gasteiger charge is -2.39. The number of carbonyl (C=O) groups is 1. The molecule has 1 saturated heterocycles. The number of aromatic nitrogens is 1. The zero-order valence-electron chi connectivity index (χ0n) is 12.9. The topological polar surface area (TPSA) is 62.7 Å². The lowest BCUT2D eigenvalue weighted by atomic mass is 9.77. The summed E-state index contributed by atoms with van der Waals surface area (Å²) < 4.78 is 5.72. The maximum Gasteiger partial charge on any atom is 0.311 e. The summed E-state index contributed by atoms with van der Waals surface area (Å²) in [5.41, 5.74) is -0.765. The van der Waals surface area contributed by atoms with Gasteiger partial charge in [-0.05, 0) is 31.4 Å². The van der Waals surface area contributed by atoms with Crippen LogP contribution in [0.25, 0.3) is 0 Å². The Hall–Kier alpha value is -2.08. The highest BCUT2D eigenvalue weighted by atomic mass is 32.1. The number of para-hydroxylation sites is 1. The molecule has 1 aromatic carbocycles. The maximum atomic E-state index is 11.9. The molecule has 0 aliphatic carbocycles. The second-order valence-electron chi connectivity index (χ2n) is 5.84. The molecule has 0 amide bonds. The number of piperidine rings is 1. The van der Waals surface area contributed by atoms with E-state index in [4.69, 9.17) is 4.74 Å². The third kappa shape index (κ3) is 3.64. The van der Waals surface area contributed by atoms with Gasteiger partial charge in [0.1, 0.15) is 5.75 Å². The molecule has 23 heavy (non-hydrogen) atoms. The molecule has 1 aliphatic rings. The van der Waals surface area contributed by atoms with Crippen LogP contribution in [0.5, 0.6) is 5.75 Å². The summed E-state index contributed by atoms with van der Waals surface area (Å²) in [7, 11) is 0. The normalized spacial score (nSPS) is 21.1. The summed E-state index contributed by atoms with van der Waals surface area (Å²) in [5, 5.41) is 12.6. The number of carboxylic acid groups (broad SMARTS) is 1. The number of hydrogen-bond donors (Lipinski definition) is 1. The first kappa shape index (κ1) is 15.8. The molecule has 2 heterocycles. The SMILES string of the molecule is O=C(O)[C@]1(CCOc2ccccc2)CCCN(c2nccs2)C1. The largest absolute Gasteiger partial charge is 0.494 e. The van der Waals surface area contributed by atoms with Gasteiger partial charge in [0.15, 0.2) is 5.13 Å². The van der Waals surface area contributed by atoms with E-state index < -0.39 is 11.4 Å². The third-order valence-electron chi connectivity index (χ3n) is 4.31. The van der Waals surface area contributed by atoms with Crippen molar-refractivity contribution in [2.45, 2.75) is 19.3 Å². The number of rotatable bonds is 6. The van der Waals surface area contributed by atoms with Crippen LogP contribution < -0.4 is 9.64 Å². The molecule has 0 radical (unpaired) electrons. The Bertz CT molecular complexity index is 633. The van der Waals surface area contributed by atoms with Gasteiger partial charge in [-0.25, -0.2) is 4.98 Å². The van der Waals surface area contributed by atoms with Gasteiger partial charge in [-0.15, -0.1) is 11.3 Å². The van der Waals surface area contributed by atoms with E-state index in [-0.39, 0.29) is 0 Å². The number of ether oxygens (including phenoxy) is 1. The van der Waals surface area contributed by atoms with E-state index in [9.17, 15) is 9.90 Å². The van der Waals surface area contributed by atoms with Crippen LogP contribution in [0, 0.1) is 5.41 Å². The van der Waals surface area contributed by atoms with Gasteiger partial charge in [0.2, 0.25) is 0 Å². The number of aliphatic carboxylic acids is 1. The summed E-state index contributed by atoms with van der Waals surface area (Å²) >= 11 is 1.55. The molecule has 1 atom stereocenters. The molecule has 0 spiro atoms. The van der Waals surface area contributed by atoms with Crippen molar-refractivity contribution in [1.82, 2.24) is 4.98 Å². The summed E-state index contributed by atoms with van der Waals surface area (Å²) in [4.78, 5) is 18.3. The minimum atomic E-state index is -0.765. The Balaban J connectivity index is 1.66. The smallest absolute Gasteiger partial charge is 0.311 e. The van der Waals surface area contributed by atoms with E-state index in [1.807, 2.05) is 35.7 Å². The summed E-state index contributed by atoms with van der Waals surface area (Å²) in [6.07, 6.45) is 3.80. The molecule has 6 heteroatoms. The van der Waals surface area contributed by atoms with Gasteiger partial charge in [0.05, 0.1) is 12.0 Å². The molecule has 5 nitrogen and oxygen atoms in total. The fraction of sp³-hybridized carbons (Fsp3) is 0.412. The molecule has 122 valence electrons. The van der Waals surface area contributed by atoms with E-state index in [1.165, 1.54) is 0 Å². The van der Waals surface area contributed by atoms with Crippen molar-refractivity contribution in [3.05, 3.63) is 41.9 Å². The van der Waals surface area contributed by atoms with Gasteiger partial charge in [0, 0.05) is 24.7 Å². The second kappa shape index (κ2) is 7.00. The minimum absolute atomic E-state index is 0.405. The minimum Gasteiger partial charge on any atom is -0.494 e. The summed E-state index contributed by atoms with van der Waals surface area (Å²) in [5.74, 6) is 0.0380. The first-order valence-corrected chi connectivity index (χ1v) is 8.63. The molecule has 1 aromatic heterocycles. The number of nitrogens with zero attached hydrogens (tertiary/aromatic N) is 2. The Kier molecular flexibility index (Phi) is 4.81. The third-order valence-corrected chi connectivity index (χ3v) is 5.15. The molecule has 0 bridgehead atoms. The van der Waals surface area contributed by atoms with Crippen molar-refractivity contribution < 1.29 is 14.6 Å². The molecule has 1 fully saturated rings. The van der Waals surface area contributed by atoms with Crippen molar-refractivity contribution in [3.63, 3.8) is 0 Å². The highest BCUT2D eigenvalue weighted by Gasteiger charge is 2.42. The lowest BCUT2D eigenvalue weighted by molar-refractivity contribution is -0.150. The Morgan fingerprint density at radius 1 is 1.39 bits per heavy atom. The van der Waals surface area contributed by atoms with E-state index in [0.717, 1.165) is 23.8 Å². The first-order valence-electron chi connectivity index (χ1n) is 7.75. The average molecular weight is 332 g/mol. The molecule has 2 aromatic rings. The molecule has 1 N–H and O–H groups in total. The number of benzene rings is 1. The van der Waals surface area contributed by atoms with Crippen molar-refractivity contribution >= 4 is 22.4 Å². The molecular weight excluding hydrogens is 312 g/mol. The van der Waals surface area contributed by atoms with Gasteiger partial charge in [-0.1, -0.05) is 18.2 Å². The van der Waals surface area contributed by atoms with E-state index >= 15 is 0 Å². The van der Waals surface area contributed by atoms with E-state index in [2.05, 4.69) is 9.88 Å². The Morgan fingerprint density at radius 2 is 2.22 bits per heavy atom. The Labute approximate surface area is 139 Å². The molecule has 0 saturated carbocycles. The predicted molar refractivity (Wildman–Crippen MR) is 90.2 cm³/mol. The van der Waals surface area contributed by atoms with Crippen LogP contribution in [-0.2, 0) is 4.79 Å². The van der Waals surface area contributed by atoms with Gasteiger partial charge in [-0.3, -0.25) is 4.79 Å². The molecule has 1 aliphatic heterocycles. The number of carboxylic acids is 1. The standard InChI is InChI=1S/C17H20N2O3S/c20-15(21)17(8-11-22-14-5-2-1-3-6-14)7-4-10-19(13-17)16-18-9-12-23-16/h1-3,5-6,9,12H,4,7-8,10-11,13H2,(H,20,21)/t17-/m0/s1. The quantitative estimate of drug-likeness (QED) is 0.879. The van der Waals surface area contributed by atoms with Crippen LogP contribution in [-0.4, -0.2) is 35.8 Å². The first-order chi connectivity index (χ1) is 11.2. The summed E-state index contributed by atoms with van der Waals surface area (Å²) in [6.45, 7) is 1.76. The van der Waals surface area contributed by atoms with Crippen molar-refractivity contribution in [2.75, 3.05) is 24.6 Å². The van der Waals surface area contributed by atoms with Crippen LogP contribution in [0.2, 0.25) is 0 Å². The number of anilines is 1. The van der Waals surface area contributed by atoms with Crippen LogP contribution in [0.3, 0.4) is 0 Å². The monoisotopic (exact) mass is 332 g/mol. The van der Waals surface area contributed by atoms with Crippen LogP contribution >= 0.6 is 11.3 Å². The highest BCUT2D eigenvalue weighted by molar-refractivity contribution is 7.13. The lowest BCUT2D eigenvalue weighted by Crippen LogP contribution is -2.48. The molecule has 3 rings (SSSR count). The molecule has 0 unspecified atom stereocenters. The number of hydrogen-bond acceptors (Lipinski definition) is 5. The van der Waals surface area contributed by atoms with Gasteiger partial charge >= 0.3 is 5.97 Å². The van der Waals surface area contributed by atoms with Crippen LogP contribution in [0.1, 0.15) is 19.3 Å². The molecular formula is C17H20N2O3S. The van der Waals surface area contributed by atoms with Gasteiger partial charge < -0.3 is 14.7 Å². The Morgan fingerprint density at radius 3 is 2.91 bits per heavy atom. The highest BCUT2D eigenvalue weighted by Crippen LogP contribution is 2.36. The van der Waals surface area contributed by atoms with E-state index in [1.54, 1.807) is 17.5 Å². The zero-order chi connectivity index (χ0) is 16.1. The second-order valence-corrected chi connectivity index (χ2v) is 6.71. The van der Waals surface area contributed by atoms with Crippen LogP contribution in [0.4, 0.5) is 5.13 Å². The van der Waals surface area contributed by atoms with Crippen molar-refractivity contribution in [2.24, 2.45) is 5.41 Å². The van der Waals surface area contributed by atoms with Gasteiger partial charge in [0.25, 0.3) is 0 Å². The number of thiazole rings is 1. The van der Waals surface area contributed by atoms with Crippen molar-refractivity contribution in [1.29, 1.82) is 0 Å². The average Bonchev–Trinajstić information content (AvgIpc) is 3.10. The maximum absolute atomic E-state index is 11.9. The van der Waals surface area contributed by atoms with Crippen LogP contribution in [0.15, 0.2) is 41.9 Å². The van der Waals surface area contributed by atoms with Gasteiger partial charge in [-0.2, -0.15) is 0 Å². The fourth-order valence-electron chi connectivity index (χ4n) is 3.03. The predicted octanol–water partition coefficient (Wildman–Crippen LogP) is 3.28. The summed E-state index contributed by atoms with van der Waals surface area (Å²) in [6, 6.07) is 9.52.